The second-order valence-corrected chi connectivity index (χ2v) is 8.08. The smallest absolute Gasteiger partial charge is 0.226 e. The molecule has 2 N–H and O–H groups in total. The summed E-state index contributed by atoms with van der Waals surface area (Å²) in [6.07, 6.45) is 1.48. The Morgan fingerprint density at radius 1 is 1.00 bits per heavy atom. The highest BCUT2D eigenvalue weighted by Crippen LogP contribution is 2.20. The summed E-state index contributed by atoms with van der Waals surface area (Å²) in [5.41, 5.74) is 2.12. The lowest BCUT2D eigenvalue weighted by molar-refractivity contribution is -0.120. The highest BCUT2D eigenvalue weighted by atomic mass is 32.2. The molecule has 0 fully saturated rings. The van der Waals surface area contributed by atoms with Crippen molar-refractivity contribution >= 4 is 27.3 Å². The monoisotopic (exact) mass is 374 g/mol. The third-order valence-electron chi connectivity index (χ3n) is 3.79. The molecule has 0 saturated carbocycles. The Bertz CT molecular complexity index is 893. The summed E-state index contributed by atoms with van der Waals surface area (Å²) < 4.78 is 23.2. The fourth-order valence-corrected chi connectivity index (χ4v) is 2.99. The lowest BCUT2D eigenvalue weighted by atomic mass is 10.1. The third-order valence-corrected chi connectivity index (χ3v) is 4.90. The van der Waals surface area contributed by atoms with E-state index in [1.165, 1.54) is 12.1 Å². The molecule has 7 heteroatoms. The maximum absolute atomic E-state index is 12.1. The van der Waals surface area contributed by atoms with Crippen LogP contribution in [0.1, 0.15) is 17.5 Å². The number of nitrogens with one attached hydrogen (secondary N) is 2. The highest BCUT2D eigenvalue weighted by Gasteiger charge is 2.11. The molecule has 6 nitrogen and oxygen atoms in total. The van der Waals surface area contributed by atoms with Crippen molar-refractivity contribution in [1.82, 2.24) is 5.32 Å². The van der Waals surface area contributed by atoms with Crippen molar-refractivity contribution < 1.29 is 18.0 Å². The van der Waals surface area contributed by atoms with Gasteiger partial charge in [0, 0.05) is 24.9 Å². The molecule has 0 saturated heterocycles. The minimum atomic E-state index is -3.34. The molecule has 0 unspecified atom stereocenters. The first-order chi connectivity index (χ1) is 12.3. The van der Waals surface area contributed by atoms with Crippen LogP contribution < -0.4 is 10.6 Å². The molecule has 2 rings (SSSR count). The topological polar surface area (TPSA) is 92.3 Å². The van der Waals surface area contributed by atoms with Gasteiger partial charge < -0.3 is 10.6 Å². The molecular formula is C19H22N2O4S. The van der Waals surface area contributed by atoms with Gasteiger partial charge in [0.1, 0.15) is 0 Å². The summed E-state index contributed by atoms with van der Waals surface area (Å²) in [6, 6.07) is 13.9. The maximum atomic E-state index is 12.1. The number of hydrogen-bond acceptors (Lipinski definition) is 4. The van der Waals surface area contributed by atoms with Crippen molar-refractivity contribution in [3.63, 3.8) is 0 Å². The first kappa shape index (κ1) is 19.7. The summed E-state index contributed by atoms with van der Waals surface area (Å²) in [5.74, 6) is -0.446. The fraction of sp³-hybridized carbons (Fsp3) is 0.263. The molecule has 0 bridgehead atoms. The van der Waals surface area contributed by atoms with Crippen LogP contribution in [0.25, 0.3) is 0 Å². The van der Waals surface area contributed by atoms with Gasteiger partial charge in [-0.3, -0.25) is 9.59 Å². The number of carbonyl (C=O) groups is 2. The average Bonchev–Trinajstić information content (AvgIpc) is 2.56. The Morgan fingerprint density at radius 2 is 1.69 bits per heavy atom. The van der Waals surface area contributed by atoms with E-state index in [9.17, 15) is 18.0 Å². The molecule has 0 aliphatic carbocycles. The molecule has 2 aromatic rings. The molecule has 0 radical (unpaired) electrons. The normalized spacial score (nSPS) is 11.0. The van der Waals surface area contributed by atoms with Crippen LogP contribution in [-0.4, -0.2) is 33.0 Å². The average molecular weight is 374 g/mol. The molecule has 0 heterocycles. The van der Waals surface area contributed by atoms with Gasteiger partial charge in [-0.1, -0.05) is 36.4 Å². The van der Waals surface area contributed by atoms with Crippen molar-refractivity contribution in [3.05, 3.63) is 59.7 Å². The molecule has 2 aromatic carbocycles. The van der Waals surface area contributed by atoms with Crippen molar-refractivity contribution in [3.8, 4) is 0 Å². The maximum Gasteiger partial charge on any atom is 0.226 e. The lowest BCUT2D eigenvalue weighted by Gasteiger charge is -2.10. The standard InChI is InChI=1S/C19H22N2O4S/c1-14-8-9-16(26(2,24)25)13-17(14)21-18(22)10-11-20-19(23)12-15-6-4-3-5-7-15/h3-9,13H,10-12H2,1-2H3,(H,20,23)(H,21,22). The van der Waals surface area contributed by atoms with Gasteiger partial charge in [-0.25, -0.2) is 8.42 Å². The van der Waals surface area contributed by atoms with Gasteiger partial charge in [-0.05, 0) is 30.2 Å². The van der Waals surface area contributed by atoms with Crippen LogP contribution in [0.2, 0.25) is 0 Å². The van der Waals surface area contributed by atoms with Gasteiger partial charge in [0.05, 0.1) is 11.3 Å². The lowest BCUT2D eigenvalue weighted by Crippen LogP contribution is -2.29. The molecule has 26 heavy (non-hydrogen) atoms. The fourth-order valence-electron chi connectivity index (χ4n) is 2.34. The van der Waals surface area contributed by atoms with Crippen molar-refractivity contribution in [2.75, 3.05) is 18.1 Å². The van der Waals surface area contributed by atoms with Crippen LogP contribution in [-0.2, 0) is 25.8 Å². The number of sulfone groups is 1. The molecule has 0 atom stereocenters. The summed E-state index contributed by atoms with van der Waals surface area (Å²) in [6.45, 7) is 1.99. The molecule has 2 amide bonds. The number of hydrogen-bond donors (Lipinski definition) is 2. The predicted octanol–water partition coefficient (Wildman–Crippen LogP) is 2.09. The van der Waals surface area contributed by atoms with Crippen molar-refractivity contribution in [2.24, 2.45) is 0 Å². The summed E-state index contributed by atoms with van der Waals surface area (Å²) in [5, 5.41) is 5.39. The van der Waals surface area contributed by atoms with E-state index >= 15 is 0 Å². The summed E-state index contributed by atoms with van der Waals surface area (Å²) in [4.78, 5) is 24.1. The molecule has 0 aliphatic rings. The van der Waals surface area contributed by atoms with Crippen LogP contribution in [0.15, 0.2) is 53.4 Å². The SMILES string of the molecule is Cc1ccc(S(C)(=O)=O)cc1NC(=O)CCNC(=O)Cc1ccccc1. The predicted molar refractivity (Wildman–Crippen MR) is 101 cm³/mol. The van der Waals surface area contributed by atoms with E-state index in [0.717, 1.165) is 17.4 Å². The van der Waals surface area contributed by atoms with E-state index in [2.05, 4.69) is 10.6 Å². The minimum absolute atomic E-state index is 0.100. The number of aryl methyl sites for hydroxylation is 1. The first-order valence-electron chi connectivity index (χ1n) is 8.17. The number of anilines is 1. The Morgan fingerprint density at radius 3 is 2.35 bits per heavy atom. The number of amides is 2. The van der Waals surface area contributed by atoms with Gasteiger partial charge in [0.15, 0.2) is 9.84 Å². The first-order valence-corrected chi connectivity index (χ1v) is 10.1. The van der Waals surface area contributed by atoms with E-state index in [-0.39, 0.29) is 36.1 Å². The highest BCUT2D eigenvalue weighted by molar-refractivity contribution is 7.90. The van der Waals surface area contributed by atoms with Gasteiger partial charge in [-0.2, -0.15) is 0 Å². The van der Waals surface area contributed by atoms with E-state index < -0.39 is 9.84 Å². The largest absolute Gasteiger partial charge is 0.355 e. The van der Waals surface area contributed by atoms with E-state index in [1.807, 2.05) is 30.3 Å². The van der Waals surface area contributed by atoms with Crippen LogP contribution in [0.4, 0.5) is 5.69 Å². The van der Waals surface area contributed by atoms with Crippen molar-refractivity contribution in [1.29, 1.82) is 0 Å². The molecule has 0 aromatic heterocycles. The minimum Gasteiger partial charge on any atom is -0.355 e. The number of carbonyl (C=O) groups excluding carboxylic acids is 2. The van der Waals surface area contributed by atoms with Crippen LogP contribution >= 0.6 is 0 Å². The Kier molecular flexibility index (Phi) is 6.52. The second kappa shape index (κ2) is 8.62. The Balaban J connectivity index is 1.85. The Labute approximate surface area is 153 Å². The van der Waals surface area contributed by atoms with Crippen LogP contribution in [0, 0.1) is 6.92 Å². The Hall–Kier alpha value is -2.67. The van der Waals surface area contributed by atoms with E-state index in [4.69, 9.17) is 0 Å². The van der Waals surface area contributed by atoms with Gasteiger partial charge >= 0.3 is 0 Å². The molecule has 138 valence electrons. The number of benzene rings is 2. The zero-order valence-electron chi connectivity index (χ0n) is 14.8. The van der Waals surface area contributed by atoms with E-state index in [1.54, 1.807) is 13.0 Å². The van der Waals surface area contributed by atoms with Crippen LogP contribution in [0.5, 0.6) is 0 Å². The molecule has 0 spiro atoms. The van der Waals surface area contributed by atoms with E-state index in [0.29, 0.717) is 5.69 Å². The summed E-state index contributed by atoms with van der Waals surface area (Å²) in [7, 11) is -3.34. The van der Waals surface area contributed by atoms with Crippen LogP contribution in [0.3, 0.4) is 0 Å². The van der Waals surface area contributed by atoms with Crippen molar-refractivity contribution in [2.45, 2.75) is 24.7 Å². The zero-order valence-corrected chi connectivity index (χ0v) is 15.6. The molecular weight excluding hydrogens is 352 g/mol. The zero-order chi connectivity index (χ0) is 19.2. The van der Waals surface area contributed by atoms with Gasteiger partial charge in [0.2, 0.25) is 11.8 Å². The molecule has 0 aliphatic heterocycles. The van der Waals surface area contributed by atoms with Gasteiger partial charge in [-0.15, -0.1) is 0 Å². The quantitative estimate of drug-likeness (QED) is 0.776. The van der Waals surface area contributed by atoms with Gasteiger partial charge in [0.25, 0.3) is 0 Å². The summed E-state index contributed by atoms with van der Waals surface area (Å²) >= 11 is 0. The number of rotatable bonds is 7. The third kappa shape index (κ3) is 6.00. The second-order valence-electron chi connectivity index (χ2n) is 6.06.